The van der Waals surface area contributed by atoms with Crippen LogP contribution < -0.4 is 4.72 Å². The molecule has 6 nitrogen and oxygen atoms in total. The molecule has 0 amide bonds. The third-order valence-electron chi connectivity index (χ3n) is 4.60. The highest BCUT2D eigenvalue weighted by Crippen LogP contribution is 2.22. The molecule has 30 heavy (non-hydrogen) atoms. The first-order chi connectivity index (χ1) is 14.3. The van der Waals surface area contributed by atoms with E-state index in [-0.39, 0.29) is 11.3 Å². The Kier molecular flexibility index (Phi) is 7.20. The van der Waals surface area contributed by atoms with E-state index in [2.05, 4.69) is 9.71 Å². The van der Waals surface area contributed by atoms with E-state index in [1.54, 1.807) is 18.5 Å². The van der Waals surface area contributed by atoms with Crippen LogP contribution in [-0.2, 0) is 27.7 Å². The average molecular weight is 445 g/mol. The zero-order valence-electron chi connectivity index (χ0n) is 16.0. The highest BCUT2D eigenvalue weighted by molar-refractivity contribution is 7.89. The zero-order valence-corrected chi connectivity index (χ0v) is 17.6. The lowest BCUT2D eigenvalue weighted by molar-refractivity contribution is -0.136. The van der Waals surface area contributed by atoms with Crippen molar-refractivity contribution in [3.63, 3.8) is 0 Å². The monoisotopic (exact) mass is 444 g/mol. The summed E-state index contributed by atoms with van der Waals surface area (Å²) in [7, 11) is -3.77. The molecule has 156 valence electrons. The van der Waals surface area contributed by atoms with E-state index in [9.17, 15) is 13.2 Å². The van der Waals surface area contributed by atoms with Gasteiger partial charge in [-0.25, -0.2) is 13.1 Å². The van der Waals surface area contributed by atoms with Gasteiger partial charge in [-0.2, -0.15) is 0 Å². The summed E-state index contributed by atoms with van der Waals surface area (Å²) in [6.07, 6.45) is 4.20. The summed E-state index contributed by atoms with van der Waals surface area (Å²) < 4.78 is 28.5. The molecule has 0 aliphatic rings. The molecule has 8 heteroatoms. The molecule has 0 bridgehead atoms. The fourth-order valence-electron chi connectivity index (χ4n) is 3.01. The Morgan fingerprint density at radius 1 is 1.03 bits per heavy atom. The molecule has 1 heterocycles. The van der Waals surface area contributed by atoms with Crippen molar-refractivity contribution in [3.05, 3.63) is 94.8 Å². The second-order valence-electron chi connectivity index (χ2n) is 6.83. The summed E-state index contributed by atoms with van der Waals surface area (Å²) in [4.78, 5) is 15.0. The lowest BCUT2D eigenvalue weighted by Gasteiger charge is -2.19. The third kappa shape index (κ3) is 6.13. The smallest absolute Gasteiger partial charge is 0.303 e. The first-order valence-electron chi connectivity index (χ1n) is 9.31. The molecule has 3 aromatic rings. The summed E-state index contributed by atoms with van der Waals surface area (Å²) in [6, 6.07) is 16.6. The molecule has 0 saturated heterocycles. The minimum absolute atomic E-state index is 0.0680. The molecule has 0 spiro atoms. The molecule has 2 aromatic carbocycles. The molecule has 1 aromatic heterocycles. The Morgan fingerprint density at radius 3 is 2.30 bits per heavy atom. The number of rotatable bonds is 9. The van der Waals surface area contributed by atoms with Crippen molar-refractivity contribution in [2.45, 2.75) is 30.2 Å². The molecular formula is C22H21ClN2O4S. The predicted octanol–water partition coefficient (Wildman–Crippen LogP) is 4.01. The Hall–Kier alpha value is -2.74. The minimum Gasteiger partial charge on any atom is -0.481 e. The highest BCUT2D eigenvalue weighted by Gasteiger charge is 2.22. The summed E-state index contributed by atoms with van der Waals surface area (Å²) in [5, 5.41) is 9.27. The van der Waals surface area contributed by atoms with Gasteiger partial charge in [0.15, 0.2) is 0 Å². The van der Waals surface area contributed by atoms with Crippen molar-refractivity contribution in [2.24, 2.45) is 0 Å². The molecule has 2 N–H and O–H groups in total. The van der Waals surface area contributed by atoms with Crippen LogP contribution in [0, 0.1) is 0 Å². The molecule has 0 aliphatic heterocycles. The summed E-state index contributed by atoms with van der Waals surface area (Å²) in [6.45, 7) is 0. The molecule has 3 rings (SSSR count). The maximum Gasteiger partial charge on any atom is 0.303 e. The number of carboxylic acid groups (broad SMARTS) is 1. The number of pyridine rings is 1. The number of sulfonamides is 1. The second-order valence-corrected chi connectivity index (χ2v) is 8.98. The largest absolute Gasteiger partial charge is 0.481 e. The third-order valence-corrected chi connectivity index (χ3v) is 6.34. The maximum absolute atomic E-state index is 12.9. The van der Waals surface area contributed by atoms with Crippen molar-refractivity contribution in [1.82, 2.24) is 9.71 Å². The molecule has 1 unspecified atom stereocenters. The Morgan fingerprint density at radius 2 is 1.70 bits per heavy atom. The number of nitrogens with one attached hydrogen (secondary N) is 1. The van der Waals surface area contributed by atoms with Gasteiger partial charge in [-0.05, 0) is 59.9 Å². The SMILES string of the molecule is O=C(O)CCc1ccc(CC(NS(=O)(=O)c2ccc(Cl)cc2)c2cccnc2)cc1. The number of halogens is 1. The van der Waals surface area contributed by atoms with E-state index in [4.69, 9.17) is 16.7 Å². The number of hydrogen-bond acceptors (Lipinski definition) is 4. The van der Waals surface area contributed by atoms with Crippen LogP contribution >= 0.6 is 11.6 Å². The van der Waals surface area contributed by atoms with Gasteiger partial charge in [0.2, 0.25) is 10.0 Å². The standard InChI is InChI=1S/C22H21ClN2O4S/c23-19-8-10-20(11-9-19)30(28,29)25-21(18-2-1-13-24-15-18)14-17-5-3-16(4-6-17)7-12-22(26)27/h1-6,8-11,13,15,21,25H,7,12,14H2,(H,26,27). The summed E-state index contributed by atoms with van der Waals surface area (Å²) in [5.74, 6) is -0.840. The Labute approximate surface area is 180 Å². The summed E-state index contributed by atoms with van der Waals surface area (Å²) in [5.41, 5.74) is 2.58. The van der Waals surface area contributed by atoms with Crippen LogP contribution in [-0.4, -0.2) is 24.5 Å². The van der Waals surface area contributed by atoms with Gasteiger partial charge in [0.05, 0.1) is 10.9 Å². The van der Waals surface area contributed by atoms with E-state index in [0.29, 0.717) is 17.9 Å². The van der Waals surface area contributed by atoms with Crippen LogP contribution in [0.1, 0.15) is 29.2 Å². The zero-order chi connectivity index (χ0) is 21.6. The van der Waals surface area contributed by atoms with E-state index in [0.717, 1.165) is 16.7 Å². The first-order valence-corrected chi connectivity index (χ1v) is 11.2. The van der Waals surface area contributed by atoms with Gasteiger partial charge in [0, 0.05) is 23.8 Å². The van der Waals surface area contributed by atoms with Gasteiger partial charge in [0.1, 0.15) is 0 Å². The minimum atomic E-state index is -3.77. The maximum atomic E-state index is 12.9. The van der Waals surface area contributed by atoms with Crippen molar-refractivity contribution < 1.29 is 18.3 Å². The van der Waals surface area contributed by atoms with Crippen molar-refractivity contribution in [3.8, 4) is 0 Å². The fourth-order valence-corrected chi connectivity index (χ4v) is 4.36. The van der Waals surface area contributed by atoms with Crippen LogP contribution in [0.4, 0.5) is 0 Å². The second kappa shape index (κ2) is 9.84. The van der Waals surface area contributed by atoms with Gasteiger partial charge in [-0.3, -0.25) is 9.78 Å². The molecule has 0 saturated carbocycles. The molecule has 0 fully saturated rings. The number of hydrogen-bond donors (Lipinski definition) is 2. The van der Waals surface area contributed by atoms with Gasteiger partial charge in [-0.15, -0.1) is 0 Å². The van der Waals surface area contributed by atoms with Crippen molar-refractivity contribution in [2.75, 3.05) is 0 Å². The van der Waals surface area contributed by atoms with Crippen LogP contribution in [0.15, 0.2) is 78.0 Å². The number of aryl methyl sites for hydroxylation is 1. The number of benzene rings is 2. The lowest BCUT2D eigenvalue weighted by atomic mass is 9.99. The van der Waals surface area contributed by atoms with Crippen molar-refractivity contribution >= 4 is 27.6 Å². The van der Waals surface area contributed by atoms with Crippen LogP contribution in [0.3, 0.4) is 0 Å². The number of carboxylic acids is 1. The Balaban J connectivity index is 1.81. The van der Waals surface area contributed by atoms with Gasteiger partial charge >= 0.3 is 5.97 Å². The van der Waals surface area contributed by atoms with Gasteiger partial charge < -0.3 is 5.11 Å². The number of nitrogens with zero attached hydrogens (tertiary/aromatic N) is 1. The topological polar surface area (TPSA) is 96.4 Å². The van der Waals surface area contributed by atoms with E-state index >= 15 is 0 Å². The molecule has 0 radical (unpaired) electrons. The van der Waals surface area contributed by atoms with Crippen LogP contribution in [0.2, 0.25) is 5.02 Å². The predicted molar refractivity (Wildman–Crippen MR) is 115 cm³/mol. The fraction of sp³-hybridized carbons (Fsp3) is 0.182. The van der Waals surface area contributed by atoms with Crippen LogP contribution in [0.25, 0.3) is 0 Å². The highest BCUT2D eigenvalue weighted by atomic mass is 35.5. The quantitative estimate of drug-likeness (QED) is 0.519. The number of aromatic nitrogens is 1. The lowest BCUT2D eigenvalue weighted by Crippen LogP contribution is -2.30. The average Bonchev–Trinajstić information content (AvgIpc) is 2.73. The molecule has 0 aliphatic carbocycles. The van der Waals surface area contributed by atoms with Crippen molar-refractivity contribution in [1.29, 1.82) is 0 Å². The molecule has 1 atom stereocenters. The first kappa shape index (κ1) is 22.0. The van der Waals surface area contributed by atoms with E-state index in [1.807, 2.05) is 30.3 Å². The molecular weight excluding hydrogens is 424 g/mol. The van der Waals surface area contributed by atoms with Crippen LogP contribution in [0.5, 0.6) is 0 Å². The summed E-state index contributed by atoms with van der Waals surface area (Å²) >= 11 is 5.87. The van der Waals surface area contributed by atoms with Gasteiger partial charge in [0.25, 0.3) is 0 Å². The Bertz CT molecular complexity index is 1090. The number of carbonyl (C=O) groups is 1. The van der Waals surface area contributed by atoms with Gasteiger partial charge in [-0.1, -0.05) is 41.9 Å². The number of aliphatic carboxylic acids is 1. The van der Waals surface area contributed by atoms with E-state index < -0.39 is 22.0 Å². The van der Waals surface area contributed by atoms with E-state index in [1.165, 1.54) is 24.3 Å². The normalized spacial score (nSPS) is 12.4.